The summed E-state index contributed by atoms with van der Waals surface area (Å²) >= 11 is 3.22. The first-order valence-electron chi connectivity index (χ1n) is 9.58. The maximum Gasteiger partial charge on any atom is 0.281 e. The maximum absolute atomic E-state index is 12.8. The number of nitro benzene ring substituents is 1. The van der Waals surface area contributed by atoms with Crippen LogP contribution in [-0.2, 0) is 9.59 Å². The number of carbonyl (C=O) groups excluding carboxylic acids is 2. The molecule has 2 heterocycles. The van der Waals surface area contributed by atoms with Gasteiger partial charge in [0.05, 0.1) is 28.5 Å². The van der Waals surface area contributed by atoms with Gasteiger partial charge in [0.1, 0.15) is 11.5 Å². The summed E-state index contributed by atoms with van der Waals surface area (Å²) in [6.45, 7) is 0. The number of nitro groups is 1. The van der Waals surface area contributed by atoms with Crippen molar-refractivity contribution in [3.63, 3.8) is 0 Å². The Kier molecular flexibility index (Phi) is 4.43. The molecular formula is C21H16BrN3O5. The number of nitrogens with zero attached hydrogens (tertiary/aromatic N) is 3. The third-order valence-electron chi connectivity index (χ3n) is 6.09. The van der Waals surface area contributed by atoms with Crippen molar-refractivity contribution in [1.29, 1.82) is 0 Å². The Morgan fingerprint density at radius 3 is 2.37 bits per heavy atom. The summed E-state index contributed by atoms with van der Waals surface area (Å²) in [7, 11) is 0. The third kappa shape index (κ3) is 2.92. The van der Waals surface area contributed by atoms with Crippen molar-refractivity contribution >= 4 is 39.6 Å². The SMILES string of the molecule is O=C1[C@H]2[C@H](C(=O)N1/N=C\c1ccc(-c3ccc(Br)cc3[N+](=O)[O-])o1)[C@H]1C=C[C@H]2CC1. The molecule has 152 valence electrons. The normalized spacial score (nSPS) is 27.3. The standard InChI is InChI=1S/C21H16BrN3O5/c22-13-5-7-15(16(9-13)25(28)29)17-8-6-14(30-17)10-23-24-20(26)18-11-1-2-12(4-3-11)19(18)21(24)27/h1-2,5-12,18-19H,3-4H2/b23-10-/t11-,12-,18+,19+/m0/s1. The third-order valence-corrected chi connectivity index (χ3v) is 6.58. The van der Waals surface area contributed by atoms with Gasteiger partial charge in [-0.1, -0.05) is 28.1 Å². The summed E-state index contributed by atoms with van der Waals surface area (Å²) < 4.78 is 6.26. The van der Waals surface area contributed by atoms with Crippen molar-refractivity contribution in [1.82, 2.24) is 5.01 Å². The van der Waals surface area contributed by atoms with Gasteiger partial charge in [0.25, 0.3) is 17.5 Å². The van der Waals surface area contributed by atoms with Crippen LogP contribution in [-0.4, -0.2) is 28.0 Å². The van der Waals surface area contributed by atoms with E-state index in [1.54, 1.807) is 24.3 Å². The van der Waals surface area contributed by atoms with Crippen LogP contribution in [0.4, 0.5) is 5.69 Å². The highest BCUT2D eigenvalue weighted by molar-refractivity contribution is 9.10. The van der Waals surface area contributed by atoms with Crippen LogP contribution in [0.25, 0.3) is 11.3 Å². The van der Waals surface area contributed by atoms with Crippen molar-refractivity contribution in [2.75, 3.05) is 0 Å². The molecule has 30 heavy (non-hydrogen) atoms. The van der Waals surface area contributed by atoms with E-state index in [9.17, 15) is 19.7 Å². The van der Waals surface area contributed by atoms with Crippen molar-refractivity contribution in [3.05, 3.63) is 62.8 Å². The Morgan fingerprint density at radius 2 is 1.77 bits per heavy atom. The number of furan rings is 1. The monoisotopic (exact) mass is 469 g/mol. The number of fused-ring (bicyclic) bond motifs is 1. The Bertz CT molecular complexity index is 1110. The summed E-state index contributed by atoms with van der Waals surface area (Å²) in [6.07, 6.45) is 7.25. The molecule has 0 unspecified atom stereocenters. The molecule has 1 saturated heterocycles. The van der Waals surface area contributed by atoms with Crippen LogP contribution >= 0.6 is 15.9 Å². The second-order valence-electron chi connectivity index (χ2n) is 7.69. The lowest BCUT2D eigenvalue weighted by atomic mass is 9.63. The summed E-state index contributed by atoms with van der Waals surface area (Å²) in [5.41, 5.74) is 0.226. The molecule has 2 fully saturated rings. The molecular weight excluding hydrogens is 454 g/mol. The van der Waals surface area contributed by atoms with Crippen molar-refractivity contribution < 1.29 is 18.9 Å². The highest BCUT2D eigenvalue weighted by Crippen LogP contribution is 2.49. The van der Waals surface area contributed by atoms with E-state index in [1.165, 1.54) is 12.3 Å². The molecule has 2 amide bonds. The average molecular weight is 470 g/mol. The lowest BCUT2D eigenvalue weighted by Crippen LogP contribution is -2.38. The molecule has 1 aliphatic heterocycles. The van der Waals surface area contributed by atoms with Crippen LogP contribution in [0, 0.1) is 33.8 Å². The van der Waals surface area contributed by atoms with E-state index in [1.807, 2.05) is 0 Å². The topological polar surface area (TPSA) is 106 Å². The molecule has 4 atom stereocenters. The summed E-state index contributed by atoms with van der Waals surface area (Å²) in [6, 6.07) is 7.85. The fourth-order valence-electron chi connectivity index (χ4n) is 4.72. The molecule has 1 aromatic heterocycles. The molecule has 1 aromatic carbocycles. The minimum absolute atomic E-state index is 0.0980. The largest absolute Gasteiger partial charge is 0.455 e. The number of allylic oxidation sites excluding steroid dienone is 2. The summed E-state index contributed by atoms with van der Waals surface area (Å²) in [5.74, 6) is -0.391. The highest BCUT2D eigenvalue weighted by Gasteiger charge is 2.56. The second-order valence-corrected chi connectivity index (χ2v) is 8.61. The number of carbonyl (C=O) groups is 2. The summed E-state index contributed by atoms with van der Waals surface area (Å²) in [5, 5.41) is 16.4. The Labute approximate surface area is 179 Å². The van der Waals surface area contributed by atoms with E-state index in [0.29, 0.717) is 21.6 Å². The van der Waals surface area contributed by atoms with Gasteiger partial charge in [-0.05, 0) is 48.9 Å². The molecule has 1 saturated carbocycles. The zero-order valence-corrected chi connectivity index (χ0v) is 17.2. The van der Waals surface area contributed by atoms with Crippen LogP contribution in [0.3, 0.4) is 0 Å². The van der Waals surface area contributed by atoms with Gasteiger partial charge in [0, 0.05) is 10.5 Å². The van der Waals surface area contributed by atoms with Gasteiger partial charge in [-0.15, -0.1) is 0 Å². The van der Waals surface area contributed by atoms with Crippen LogP contribution in [0.2, 0.25) is 0 Å². The van der Waals surface area contributed by atoms with E-state index >= 15 is 0 Å². The lowest BCUT2D eigenvalue weighted by Gasteiger charge is -2.37. The fraction of sp³-hybridized carbons (Fsp3) is 0.286. The molecule has 0 radical (unpaired) electrons. The van der Waals surface area contributed by atoms with Gasteiger partial charge in [-0.2, -0.15) is 10.1 Å². The molecule has 2 bridgehead atoms. The average Bonchev–Trinajstić information content (AvgIpc) is 3.31. The quantitative estimate of drug-likeness (QED) is 0.220. The second kappa shape index (κ2) is 7.02. The number of benzene rings is 1. The van der Waals surface area contributed by atoms with Crippen molar-refractivity contribution in [2.24, 2.45) is 28.8 Å². The van der Waals surface area contributed by atoms with Gasteiger partial charge in [0.2, 0.25) is 0 Å². The lowest BCUT2D eigenvalue weighted by molar-refractivity contribution is -0.384. The van der Waals surface area contributed by atoms with Gasteiger partial charge >= 0.3 is 0 Å². The Balaban J connectivity index is 1.40. The number of hydrazone groups is 1. The van der Waals surface area contributed by atoms with Crippen molar-refractivity contribution in [3.8, 4) is 11.3 Å². The minimum atomic E-state index is -0.484. The molecule has 8 nitrogen and oxygen atoms in total. The Morgan fingerprint density at radius 1 is 1.10 bits per heavy atom. The van der Waals surface area contributed by atoms with Gasteiger partial charge in [-0.25, -0.2) is 0 Å². The first-order valence-corrected chi connectivity index (χ1v) is 10.4. The van der Waals surface area contributed by atoms with Crippen LogP contribution in [0.1, 0.15) is 18.6 Å². The van der Waals surface area contributed by atoms with E-state index in [4.69, 9.17) is 4.42 Å². The maximum atomic E-state index is 12.8. The molecule has 0 spiro atoms. The van der Waals surface area contributed by atoms with E-state index in [2.05, 4.69) is 33.2 Å². The smallest absolute Gasteiger partial charge is 0.281 e. The van der Waals surface area contributed by atoms with Crippen molar-refractivity contribution in [2.45, 2.75) is 12.8 Å². The number of hydrogen-bond acceptors (Lipinski definition) is 6. The molecule has 0 N–H and O–H groups in total. The van der Waals surface area contributed by atoms with E-state index in [0.717, 1.165) is 17.9 Å². The zero-order chi connectivity index (χ0) is 21.0. The number of amides is 2. The highest BCUT2D eigenvalue weighted by atomic mass is 79.9. The summed E-state index contributed by atoms with van der Waals surface area (Å²) in [4.78, 5) is 36.4. The van der Waals surface area contributed by atoms with Crippen LogP contribution in [0.15, 0.2) is 56.5 Å². The number of imide groups is 1. The van der Waals surface area contributed by atoms with E-state index in [-0.39, 0.29) is 41.2 Å². The molecule has 2 aromatic rings. The molecule has 9 heteroatoms. The first-order chi connectivity index (χ1) is 14.4. The predicted molar refractivity (Wildman–Crippen MR) is 110 cm³/mol. The van der Waals surface area contributed by atoms with Gasteiger partial charge < -0.3 is 4.42 Å². The first kappa shape index (κ1) is 18.9. The van der Waals surface area contributed by atoms with Gasteiger partial charge in [0.15, 0.2) is 0 Å². The Hall–Kier alpha value is -3.07. The minimum Gasteiger partial charge on any atom is -0.455 e. The molecule has 4 aliphatic rings. The zero-order valence-electron chi connectivity index (χ0n) is 15.6. The number of rotatable bonds is 4. The molecule has 3 aliphatic carbocycles. The van der Waals surface area contributed by atoms with Gasteiger partial charge in [-0.3, -0.25) is 19.7 Å². The fourth-order valence-corrected chi connectivity index (χ4v) is 5.07. The molecule has 6 rings (SSSR count). The van der Waals surface area contributed by atoms with Crippen LogP contribution in [0.5, 0.6) is 0 Å². The van der Waals surface area contributed by atoms with Crippen LogP contribution < -0.4 is 0 Å². The van der Waals surface area contributed by atoms with E-state index < -0.39 is 4.92 Å². The number of halogens is 1. The number of hydrogen-bond donors (Lipinski definition) is 0. The predicted octanol–water partition coefficient (Wildman–Crippen LogP) is 4.15.